The molecular weight excluding hydrogens is 196 g/mol. The van der Waals surface area contributed by atoms with Crippen molar-refractivity contribution in [3.05, 3.63) is 29.8 Å². The molecule has 0 saturated heterocycles. The number of nitrogens with two attached hydrogens (primary N) is 1. The molecule has 0 unspecified atom stereocenters. The molecule has 1 aromatic rings. The third-order valence-electron chi connectivity index (χ3n) is 3.82. The lowest BCUT2D eigenvalue weighted by atomic mass is 9.75. The molecule has 1 fully saturated rings. The Morgan fingerprint density at radius 1 is 1.31 bits per heavy atom. The van der Waals surface area contributed by atoms with Gasteiger partial charge in [0.25, 0.3) is 0 Å². The van der Waals surface area contributed by atoms with E-state index in [1.165, 1.54) is 30.5 Å². The maximum atomic E-state index is 6.24. The first-order valence-corrected chi connectivity index (χ1v) is 6.16. The molecule has 0 spiro atoms. The normalized spacial score (nSPS) is 17.9. The smallest absolute Gasteiger partial charge is 0.0393 e. The zero-order valence-corrected chi connectivity index (χ0v) is 10.4. The molecule has 0 bridgehead atoms. The fraction of sp³-hybridized carbons (Fsp3) is 0.571. The summed E-state index contributed by atoms with van der Waals surface area (Å²) in [5, 5.41) is 0. The van der Waals surface area contributed by atoms with E-state index in [0.717, 1.165) is 13.0 Å². The van der Waals surface area contributed by atoms with E-state index in [2.05, 4.69) is 43.1 Å². The molecule has 88 valence electrons. The zero-order valence-electron chi connectivity index (χ0n) is 10.4. The van der Waals surface area contributed by atoms with Gasteiger partial charge in [-0.3, -0.25) is 0 Å². The molecule has 1 aliphatic carbocycles. The topological polar surface area (TPSA) is 29.3 Å². The fourth-order valence-corrected chi connectivity index (χ4v) is 2.38. The summed E-state index contributed by atoms with van der Waals surface area (Å²) in [6, 6.07) is 8.52. The summed E-state index contributed by atoms with van der Waals surface area (Å²) in [6.45, 7) is 3.22. The zero-order chi connectivity index (χ0) is 11.6. The summed E-state index contributed by atoms with van der Waals surface area (Å²) >= 11 is 0. The van der Waals surface area contributed by atoms with Crippen molar-refractivity contribution >= 4 is 5.69 Å². The number of benzene rings is 1. The van der Waals surface area contributed by atoms with Gasteiger partial charge in [0.15, 0.2) is 0 Å². The number of aryl methyl sites for hydroxylation is 1. The van der Waals surface area contributed by atoms with E-state index in [9.17, 15) is 0 Å². The predicted octanol–water partition coefficient (Wildman–Crippen LogP) is 2.70. The average Bonchev–Trinajstić information content (AvgIpc) is 2.24. The second-order valence-corrected chi connectivity index (χ2v) is 5.17. The van der Waals surface area contributed by atoms with Crippen molar-refractivity contribution in [1.29, 1.82) is 0 Å². The standard InChI is InChI=1S/C14H22N2/c1-12-6-3-4-7-13(12)16(2)11-10-14(15)8-5-9-14/h3-4,6-7H,5,8-11,15H2,1-2H3. The van der Waals surface area contributed by atoms with Crippen LogP contribution in [0.15, 0.2) is 24.3 Å². The van der Waals surface area contributed by atoms with Crippen molar-refractivity contribution in [3.63, 3.8) is 0 Å². The van der Waals surface area contributed by atoms with Crippen molar-refractivity contribution in [2.24, 2.45) is 5.73 Å². The molecule has 0 aromatic heterocycles. The van der Waals surface area contributed by atoms with Gasteiger partial charge in [0.05, 0.1) is 0 Å². The van der Waals surface area contributed by atoms with Crippen molar-refractivity contribution in [3.8, 4) is 0 Å². The van der Waals surface area contributed by atoms with Crippen LogP contribution in [-0.4, -0.2) is 19.1 Å². The van der Waals surface area contributed by atoms with Crippen LogP contribution in [0.25, 0.3) is 0 Å². The Balaban J connectivity index is 1.93. The van der Waals surface area contributed by atoms with E-state index in [1.54, 1.807) is 0 Å². The monoisotopic (exact) mass is 218 g/mol. The molecule has 2 nitrogen and oxygen atoms in total. The van der Waals surface area contributed by atoms with Crippen molar-refractivity contribution in [2.75, 3.05) is 18.5 Å². The Bertz CT molecular complexity index is 356. The molecule has 0 radical (unpaired) electrons. The molecule has 2 N–H and O–H groups in total. The van der Waals surface area contributed by atoms with Gasteiger partial charge < -0.3 is 10.6 Å². The van der Waals surface area contributed by atoms with E-state index >= 15 is 0 Å². The molecule has 1 saturated carbocycles. The van der Waals surface area contributed by atoms with Crippen LogP contribution in [0.3, 0.4) is 0 Å². The molecule has 0 amide bonds. The first-order chi connectivity index (χ1) is 7.61. The van der Waals surface area contributed by atoms with Crippen LogP contribution in [-0.2, 0) is 0 Å². The third-order valence-corrected chi connectivity index (χ3v) is 3.82. The number of nitrogens with zero attached hydrogens (tertiary/aromatic N) is 1. The van der Waals surface area contributed by atoms with Gasteiger partial charge in [0.2, 0.25) is 0 Å². The average molecular weight is 218 g/mol. The summed E-state index contributed by atoms with van der Waals surface area (Å²) in [5.74, 6) is 0. The van der Waals surface area contributed by atoms with Crippen LogP contribution in [0.2, 0.25) is 0 Å². The Morgan fingerprint density at radius 3 is 2.56 bits per heavy atom. The van der Waals surface area contributed by atoms with Gasteiger partial charge in [-0.15, -0.1) is 0 Å². The molecule has 1 aromatic carbocycles. The van der Waals surface area contributed by atoms with Gasteiger partial charge in [-0.1, -0.05) is 18.2 Å². The van der Waals surface area contributed by atoms with Crippen LogP contribution >= 0.6 is 0 Å². The summed E-state index contributed by atoms with van der Waals surface area (Å²) in [7, 11) is 2.16. The van der Waals surface area contributed by atoms with Crippen LogP contribution in [0.5, 0.6) is 0 Å². The van der Waals surface area contributed by atoms with Gasteiger partial charge in [0, 0.05) is 24.8 Å². The fourth-order valence-electron chi connectivity index (χ4n) is 2.38. The lowest BCUT2D eigenvalue weighted by Crippen LogP contribution is -2.48. The van der Waals surface area contributed by atoms with Gasteiger partial charge in [-0.25, -0.2) is 0 Å². The van der Waals surface area contributed by atoms with E-state index in [-0.39, 0.29) is 5.54 Å². The van der Waals surface area contributed by atoms with E-state index < -0.39 is 0 Å². The quantitative estimate of drug-likeness (QED) is 0.842. The lowest BCUT2D eigenvalue weighted by Gasteiger charge is -2.39. The first kappa shape index (κ1) is 11.5. The predicted molar refractivity (Wildman–Crippen MR) is 69.8 cm³/mol. The number of rotatable bonds is 4. The van der Waals surface area contributed by atoms with Gasteiger partial charge in [0.1, 0.15) is 0 Å². The molecule has 0 heterocycles. The van der Waals surface area contributed by atoms with Gasteiger partial charge >= 0.3 is 0 Å². The number of anilines is 1. The summed E-state index contributed by atoms with van der Waals surface area (Å²) in [5.41, 5.74) is 9.04. The minimum absolute atomic E-state index is 0.136. The summed E-state index contributed by atoms with van der Waals surface area (Å²) < 4.78 is 0. The summed E-state index contributed by atoms with van der Waals surface area (Å²) in [6.07, 6.45) is 4.83. The Kier molecular flexibility index (Phi) is 3.20. The maximum absolute atomic E-state index is 6.24. The van der Waals surface area contributed by atoms with Crippen molar-refractivity contribution < 1.29 is 0 Å². The molecule has 16 heavy (non-hydrogen) atoms. The molecule has 1 aliphatic rings. The highest BCUT2D eigenvalue weighted by Gasteiger charge is 2.32. The summed E-state index contributed by atoms with van der Waals surface area (Å²) in [4.78, 5) is 2.32. The van der Waals surface area contributed by atoms with Crippen LogP contribution in [0.4, 0.5) is 5.69 Å². The van der Waals surface area contributed by atoms with Crippen molar-refractivity contribution in [1.82, 2.24) is 0 Å². The second kappa shape index (κ2) is 4.46. The second-order valence-electron chi connectivity index (χ2n) is 5.17. The largest absolute Gasteiger partial charge is 0.374 e. The molecule has 2 rings (SSSR count). The Hall–Kier alpha value is -1.02. The Labute approximate surface area is 98.4 Å². The number of hydrogen-bond donors (Lipinski definition) is 1. The van der Waals surface area contributed by atoms with Gasteiger partial charge in [-0.2, -0.15) is 0 Å². The highest BCUT2D eigenvalue weighted by Crippen LogP contribution is 2.32. The minimum Gasteiger partial charge on any atom is -0.374 e. The van der Waals surface area contributed by atoms with E-state index in [4.69, 9.17) is 5.73 Å². The number of hydrogen-bond acceptors (Lipinski definition) is 2. The first-order valence-electron chi connectivity index (χ1n) is 6.16. The van der Waals surface area contributed by atoms with Crippen LogP contribution in [0, 0.1) is 6.92 Å². The highest BCUT2D eigenvalue weighted by atomic mass is 15.1. The third kappa shape index (κ3) is 2.38. The Morgan fingerprint density at radius 2 is 2.00 bits per heavy atom. The highest BCUT2D eigenvalue weighted by molar-refractivity contribution is 5.52. The number of para-hydroxylation sites is 1. The van der Waals surface area contributed by atoms with Crippen molar-refractivity contribution in [2.45, 2.75) is 38.1 Å². The van der Waals surface area contributed by atoms with Gasteiger partial charge in [-0.05, 0) is 44.2 Å². The molecular formula is C14H22N2. The van der Waals surface area contributed by atoms with E-state index in [0.29, 0.717) is 0 Å². The van der Waals surface area contributed by atoms with E-state index in [1.807, 2.05) is 0 Å². The van der Waals surface area contributed by atoms with Crippen LogP contribution < -0.4 is 10.6 Å². The molecule has 2 heteroatoms. The molecule has 0 aliphatic heterocycles. The minimum atomic E-state index is 0.136. The van der Waals surface area contributed by atoms with Crippen LogP contribution in [0.1, 0.15) is 31.2 Å². The molecule has 0 atom stereocenters. The lowest BCUT2D eigenvalue weighted by molar-refractivity contribution is 0.234. The SMILES string of the molecule is Cc1ccccc1N(C)CCC1(N)CCC1. The maximum Gasteiger partial charge on any atom is 0.0393 e.